The van der Waals surface area contributed by atoms with Crippen molar-refractivity contribution in [2.75, 3.05) is 24.5 Å². The maximum atomic E-state index is 3.52. The lowest BCUT2D eigenvalue weighted by Crippen LogP contribution is -2.42. The van der Waals surface area contributed by atoms with E-state index < -0.39 is 0 Å². The fraction of sp³-hybridized carbons (Fsp3) is 0.625. The van der Waals surface area contributed by atoms with Gasteiger partial charge in [-0.25, -0.2) is 0 Å². The first-order valence-electron chi connectivity index (χ1n) is 7.31. The van der Waals surface area contributed by atoms with Crippen molar-refractivity contribution in [2.24, 2.45) is 11.8 Å². The lowest BCUT2D eigenvalue weighted by molar-refractivity contribution is 0.419. The molecule has 2 aliphatic heterocycles. The largest absolute Gasteiger partial charge is 0.368 e. The zero-order valence-electron chi connectivity index (χ0n) is 11.5. The summed E-state index contributed by atoms with van der Waals surface area (Å²) in [4.78, 5) is 2.65. The van der Waals surface area contributed by atoms with E-state index in [1.54, 1.807) is 0 Å². The predicted molar refractivity (Wildman–Crippen MR) is 77.1 cm³/mol. The molecule has 18 heavy (non-hydrogen) atoms. The van der Waals surface area contributed by atoms with Gasteiger partial charge < -0.3 is 10.2 Å². The number of nitrogens with one attached hydrogen (secondary N) is 1. The summed E-state index contributed by atoms with van der Waals surface area (Å²) in [5.41, 5.74) is 3.02. The molecule has 0 spiro atoms. The Morgan fingerprint density at radius 3 is 2.83 bits per heavy atom. The fourth-order valence-corrected chi connectivity index (χ4v) is 3.40. The molecule has 0 radical (unpaired) electrons. The molecule has 0 bridgehead atoms. The Hall–Kier alpha value is -1.02. The summed E-state index contributed by atoms with van der Waals surface area (Å²) in [7, 11) is 0. The van der Waals surface area contributed by atoms with E-state index in [2.05, 4.69) is 48.3 Å². The third-order valence-corrected chi connectivity index (χ3v) is 4.77. The predicted octanol–water partition coefficient (Wildman–Crippen LogP) is 2.68. The topological polar surface area (TPSA) is 15.3 Å². The van der Waals surface area contributed by atoms with Crippen LogP contribution in [0.1, 0.15) is 25.8 Å². The molecule has 0 amide bonds. The van der Waals surface area contributed by atoms with E-state index >= 15 is 0 Å². The highest BCUT2D eigenvalue weighted by molar-refractivity contribution is 5.56. The smallest absolute Gasteiger partial charge is 0.0401 e. The van der Waals surface area contributed by atoms with Crippen molar-refractivity contribution in [3.63, 3.8) is 0 Å². The van der Waals surface area contributed by atoms with Gasteiger partial charge in [-0.1, -0.05) is 25.1 Å². The molecule has 2 nitrogen and oxygen atoms in total. The molecule has 0 aromatic heterocycles. The molecular formula is C16H24N2. The first kappa shape index (κ1) is 12.0. The monoisotopic (exact) mass is 244 g/mol. The Morgan fingerprint density at radius 2 is 2.06 bits per heavy atom. The van der Waals surface area contributed by atoms with Gasteiger partial charge in [0.15, 0.2) is 0 Å². The minimum absolute atomic E-state index is 0.688. The van der Waals surface area contributed by atoms with Gasteiger partial charge in [0.2, 0.25) is 0 Å². The van der Waals surface area contributed by atoms with Crippen LogP contribution in [0.2, 0.25) is 0 Å². The standard InChI is InChI=1S/C16H24N2/c1-12-9-17-10-15(12)11-18-13(2)7-8-14-5-3-4-6-16(14)18/h3-6,12-13,15,17H,7-11H2,1-2H3/t12-,13?,15+/m1/s1. The van der Waals surface area contributed by atoms with Crippen LogP contribution in [0.25, 0.3) is 0 Å². The number of anilines is 1. The molecule has 3 rings (SSSR count). The van der Waals surface area contributed by atoms with Gasteiger partial charge in [-0.15, -0.1) is 0 Å². The first-order valence-corrected chi connectivity index (χ1v) is 7.31. The summed E-state index contributed by atoms with van der Waals surface area (Å²) in [6.07, 6.45) is 2.54. The van der Waals surface area contributed by atoms with Gasteiger partial charge in [0, 0.05) is 18.3 Å². The summed E-state index contributed by atoms with van der Waals surface area (Å²) >= 11 is 0. The second-order valence-electron chi connectivity index (χ2n) is 6.06. The van der Waals surface area contributed by atoms with E-state index in [0.717, 1.165) is 11.8 Å². The van der Waals surface area contributed by atoms with Gasteiger partial charge in [-0.05, 0) is 56.3 Å². The highest BCUT2D eigenvalue weighted by Crippen LogP contribution is 2.32. The van der Waals surface area contributed by atoms with Crippen LogP contribution in [0.5, 0.6) is 0 Å². The van der Waals surface area contributed by atoms with Gasteiger partial charge in [0.25, 0.3) is 0 Å². The Morgan fingerprint density at radius 1 is 1.22 bits per heavy atom. The Kier molecular flexibility index (Phi) is 3.29. The minimum atomic E-state index is 0.688. The molecule has 0 saturated carbocycles. The maximum Gasteiger partial charge on any atom is 0.0401 e. The van der Waals surface area contributed by atoms with Gasteiger partial charge >= 0.3 is 0 Å². The fourth-order valence-electron chi connectivity index (χ4n) is 3.40. The molecule has 1 N–H and O–H groups in total. The van der Waals surface area contributed by atoms with Crippen LogP contribution >= 0.6 is 0 Å². The van der Waals surface area contributed by atoms with E-state index in [9.17, 15) is 0 Å². The summed E-state index contributed by atoms with van der Waals surface area (Å²) in [6.45, 7) is 8.35. The lowest BCUT2D eigenvalue weighted by atomic mass is 9.92. The average molecular weight is 244 g/mol. The van der Waals surface area contributed by atoms with Gasteiger partial charge in [-0.2, -0.15) is 0 Å². The number of para-hydroxylation sites is 1. The first-order chi connectivity index (χ1) is 8.75. The second kappa shape index (κ2) is 4.93. The van der Waals surface area contributed by atoms with E-state index in [-0.39, 0.29) is 0 Å². The molecule has 1 aromatic carbocycles. The molecule has 2 heterocycles. The van der Waals surface area contributed by atoms with Crippen LogP contribution in [-0.4, -0.2) is 25.7 Å². The maximum absolute atomic E-state index is 3.52. The van der Waals surface area contributed by atoms with Crippen molar-refractivity contribution >= 4 is 5.69 Å². The molecule has 1 unspecified atom stereocenters. The number of rotatable bonds is 2. The normalized spacial score (nSPS) is 31.4. The number of aryl methyl sites for hydroxylation is 1. The average Bonchev–Trinajstić information content (AvgIpc) is 2.79. The Labute approximate surface area is 110 Å². The summed E-state index contributed by atoms with van der Waals surface area (Å²) < 4.78 is 0. The van der Waals surface area contributed by atoms with Crippen molar-refractivity contribution in [3.05, 3.63) is 29.8 Å². The van der Waals surface area contributed by atoms with Crippen LogP contribution in [0, 0.1) is 11.8 Å². The number of hydrogen-bond donors (Lipinski definition) is 1. The second-order valence-corrected chi connectivity index (χ2v) is 6.06. The van der Waals surface area contributed by atoms with E-state index in [1.807, 2.05) is 0 Å². The van der Waals surface area contributed by atoms with Crippen LogP contribution < -0.4 is 10.2 Å². The zero-order valence-corrected chi connectivity index (χ0v) is 11.5. The molecule has 2 heteroatoms. The van der Waals surface area contributed by atoms with Crippen LogP contribution in [0.4, 0.5) is 5.69 Å². The molecule has 1 fully saturated rings. The summed E-state index contributed by atoms with van der Waals surface area (Å²) in [6, 6.07) is 9.64. The molecule has 0 aliphatic carbocycles. The highest BCUT2D eigenvalue weighted by Gasteiger charge is 2.29. The lowest BCUT2D eigenvalue weighted by Gasteiger charge is -2.39. The van der Waals surface area contributed by atoms with Gasteiger partial charge in [-0.3, -0.25) is 0 Å². The van der Waals surface area contributed by atoms with Crippen LogP contribution in [0.3, 0.4) is 0 Å². The minimum Gasteiger partial charge on any atom is -0.368 e. The summed E-state index contributed by atoms with van der Waals surface area (Å²) in [5.74, 6) is 1.62. The summed E-state index contributed by atoms with van der Waals surface area (Å²) in [5, 5.41) is 3.52. The highest BCUT2D eigenvalue weighted by atomic mass is 15.2. The third kappa shape index (κ3) is 2.14. The quantitative estimate of drug-likeness (QED) is 0.860. The number of hydrogen-bond acceptors (Lipinski definition) is 2. The molecule has 1 aromatic rings. The number of fused-ring (bicyclic) bond motifs is 1. The van der Waals surface area contributed by atoms with Gasteiger partial charge in [0.05, 0.1) is 0 Å². The molecular weight excluding hydrogens is 220 g/mol. The number of nitrogens with zero attached hydrogens (tertiary/aromatic N) is 1. The molecule has 3 atom stereocenters. The van der Waals surface area contributed by atoms with Crippen LogP contribution in [0.15, 0.2) is 24.3 Å². The van der Waals surface area contributed by atoms with Crippen molar-refractivity contribution < 1.29 is 0 Å². The molecule has 2 aliphatic rings. The third-order valence-electron chi connectivity index (χ3n) is 4.77. The van der Waals surface area contributed by atoms with Crippen molar-refractivity contribution in [3.8, 4) is 0 Å². The Bertz CT molecular complexity index is 415. The van der Waals surface area contributed by atoms with Crippen molar-refractivity contribution in [1.82, 2.24) is 5.32 Å². The van der Waals surface area contributed by atoms with E-state index in [0.29, 0.717) is 6.04 Å². The van der Waals surface area contributed by atoms with Crippen LogP contribution in [-0.2, 0) is 6.42 Å². The Balaban J connectivity index is 1.82. The molecule has 98 valence electrons. The molecule has 1 saturated heterocycles. The van der Waals surface area contributed by atoms with E-state index in [1.165, 1.54) is 43.7 Å². The van der Waals surface area contributed by atoms with E-state index in [4.69, 9.17) is 0 Å². The van der Waals surface area contributed by atoms with Crippen molar-refractivity contribution in [2.45, 2.75) is 32.7 Å². The number of benzene rings is 1. The zero-order chi connectivity index (χ0) is 12.5. The van der Waals surface area contributed by atoms with Gasteiger partial charge in [0.1, 0.15) is 0 Å². The SMILES string of the molecule is CC1CCc2ccccc2N1C[C@@H]1CNC[C@H]1C. The van der Waals surface area contributed by atoms with Crippen molar-refractivity contribution in [1.29, 1.82) is 0 Å².